The van der Waals surface area contributed by atoms with Gasteiger partial charge >= 0.3 is 0 Å². The topological polar surface area (TPSA) is 96.0 Å². The Hall–Kier alpha value is -3.81. The summed E-state index contributed by atoms with van der Waals surface area (Å²) in [5.74, 6) is -0.485. The average molecular weight is 365 g/mol. The van der Waals surface area contributed by atoms with Crippen LogP contribution in [-0.4, -0.2) is 22.0 Å². The monoisotopic (exact) mass is 365 g/mol. The Labute approximate surface area is 154 Å². The van der Waals surface area contributed by atoms with E-state index in [-0.39, 0.29) is 17.4 Å². The minimum absolute atomic E-state index is 0.144. The highest BCUT2D eigenvalue weighted by Crippen LogP contribution is 2.16. The van der Waals surface area contributed by atoms with E-state index >= 15 is 0 Å². The second-order valence-electron chi connectivity index (χ2n) is 5.65. The predicted molar refractivity (Wildman–Crippen MR) is 100 cm³/mol. The van der Waals surface area contributed by atoms with Crippen LogP contribution in [0.25, 0.3) is 0 Å². The molecule has 3 rings (SSSR count). The van der Waals surface area contributed by atoms with Gasteiger partial charge in [-0.1, -0.05) is 0 Å². The van der Waals surface area contributed by atoms with Crippen LogP contribution < -0.4 is 16.0 Å². The van der Waals surface area contributed by atoms with E-state index in [4.69, 9.17) is 0 Å². The van der Waals surface area contributed by atoms with Gasteiger partial charge in [0.2, 0.25) is 5.91 Å². The van der Waals surface area contributed by atoms with E-state index < -0.39 is 5.91 Å². The lowest BCUT2D eigenvalue weighted by atomic mass is 10.2. The Morgan fingerprint density at radius 2 is 1.37 bits per heavy atom. The third-order valence-corrected chi connectivity index (χ3v) is 3.48. The van der Waals surface area contributed by atoms with Crippen molar-refractivity contribution in [3.8, 4) is 0 Å². The van der Waals surface area contributed by atoms with E-state index in [1.165, 1.54) is 25.1 Å². The normalized spacial score (nSPS) is 10.1. The maximum absolute atomic E-state index is 12.9. The van der Waals surface area contributed by atoms with Crippen molar-refractivity contribution < 1.29 is 14.0 Å². The molecular formula is C19H16FN5O2. The molecule has 0 saturated heterocycles. The number of anilines is 4. The van der Waals surface area contributed by atoms with Gasteiger partial charge in [-0.25, -0.2) is 4.39 Å². The third-order valence-electron chi connectivity index (χ3n) is 3.48. The van der Waals surface area contributed by atoms with E-state index in [2.05, 4.69) is 26.1 Å². The molecule has 0 unspecified atom stereocenters. The van der Waals surface area contributed by atoms with Crippen molar-refractivity contribution in [1.29, 1.82) is 0 Å². The molecule has 136 valence electrons. The molecule has 8 heteroatoms. The number of nitrogens with one attached hydrogen (secondary N) is 3. The molecule has 0 saturated carbocycles. The van der Waals surface area contributed by atoms with Gasteiger partial charge in [0.05, 0.1) is 0 Å². The molecule has 2 amide bonds. The molecule has 2 aromatic carbocycles. The van der Waals surface area contributed by atoms with Crippen LogP contribution >= 0.6 is 0 Å². The quantitative estimate of drug-likeness (QED) is 0.642. The number of halogens is 1. The second-order valence-corrected chi connectivity index (χ2v) is 5.65. The van der Waals surface area contributed by atoms with E-state index in [9.17, 15) is 14.0 Å². The minimum atomic E-state index is -0.414. The van der Waals surface area contributed by atoms with E-state index in [1.807, 2.05) is 0 Å². The molecule has 0 fully saturated rings. The average Bonchev–Trinajstić information content (AvgIpc) is 2.65. The van der Waals surface area contributed by atoms with Crippen LogP contribution in [0.2, 0.25) is 0 Å². The van der Waals surface area contributed by atoms with E-state index in [0.29, 0.717) is 22.9 Å². The molecule has 3 aromatic rings. The Morgan fingerprint density at radius 3 is 1.93 bits per heavy atom. The molecular weight excluding hydrogens is 349 g/mol. The highest BCUT2D eigenvalue weighted by Gasteiger charge is 2.09. The first-order valence-electron chi connectivity index (χ1n) is 8.05. The van der Waals surface area contributed by atoms with Gasteiger partial charge in [0.15, 0.2) is 11.5 Å². The molecule has 0 aliphatic rings. The van der Waals surface area contributed by atoms with Crippen molar-refractivity contribution in [3.05, 3.63) is 72.2 Å². The lowest BCUT2D eigenvalue weighted by Crippen LogP contribution is -2.14. The Kier molecular flexibility index (Phi) is 5.36. The maximum atomic E-state index is 12.9. The maximum Gasteiger partial charge on any atom is 0.276 e. The largest absolute Gasteiger partial charge is 0.339 e. The lowest BCUT2D eigenvalue weighted by molar-refractivity contribution is -0.114. The number of nitrogens with zero attached hydrogens (tertiary/aromatic N) is 2. The fourth-order valence-electron chi connectivity index (χ4n) is 2.24. The number of benzene rings is 2. The summed E-state index contributed by atoms with van der Waals surface area (Å²) in [6, 6.07) is 15.6. The lowest BCUT2D eigenvalue weighted by Gasteiger charge is -2.07. The Bertz CT molecular complexity index is 941. The molecule has 1 heterocycles. The van der Waals surface area contributed by atoms with Crippen molar-refractivity contribution >= 4 is 34.7 Å². The number of aromatic nitrogens is 2. The number of carbonyl (C=O) groups excluding carboxylic acids is 2. The SMILES string of the molecule is CC(=O)Nc1ccc(NC(=O)c2ccc(Nc3ccc(F)cc3)nn2)cc1. The molecule has 0 spiro atoms. The van der Waals surface area contributed by atoms with Crippen molar-refractivity contribution in [2.75, 3.05) is 16.0 Å². The fraction of sp³-hybridized carbons (Fsp3) is 0.0526. The van der Waals surface area contributed by atoms with Gasteiger partial charge in [-0.3, -0.25) is 9.59 Å². The summed E-state index contributed by atoms with van der Waals surface area (Å²) in [5, 5.41) is 16.1. The number of carbonyl (C=O) groups is 2. The van der Waals surface area contributed by atoms with Crippen LogP contribution in [0.3, 0.4) is 0 Å². The van der Waals surface area contributed by atoms with Gasteiger partial charge in [0.1, 0.15) is 5.82 Å². The standard InChI is InChI=1S/C19H16FN5O2/c1-12(26)21-14-6-8-16(9-7-14)23-19(27)17-10-11-18(25-24-17)22-15-4-2-13(20)3-5-15/h2-11H,1H3,(H,21,26)(H,22,25)(H,23,27). The zero-order valence-corrected chi connectivity index (χ0v) is 14.4. The highest BCUT2D eigenvalue weighted by atomic mass is 19.1. The first-order valence-corrected chi connectivity index (χ1v) is 8.05. The zero-order chi connectivity index (χ0) is 19.2. The zero-order valence-electron chi connectivity index (χ0n) is 14.4. The van der Waals surface area contributed by atoms with Gasteiger partial charge in [-0.15, -0.1) is 10.2 Å². The van der Waals surface area contributed by atoms with Crippen LogP contribution in [0.4, 0.5) is 27.3 Å². The first-order chi connectivity index (χ1) is 13.0. The molecule has 27 heavy (non-hydrogen) atoms. The number of rotatable bonds is 5. The summed E-state index contributed by atoms with van der Waals surface area (Å²) in [7, 11) is 0. The van der Waals surface area contributed by atoms with Gasteiger partial charge < -0.3 is 16.0 Å². The van der Waals surface area contributed by atoms with Crippen LogP contribution in [0.15, 0.2) is 60.7 Å². The number of hydrogen-bond donors (Lipinski definition) is 3. The van der Waals surface area contributed by atoms with E-state index in [1.54, 1.807) is 42.5 Å². The van der Waals surface area contributed by atoms with Crippen molar-refractivity contribution in [2.24, 2.45) is 0 Å². The summed E-state index contributed by atoms with van der Waals surface area (Å²) in [4.78, 5) is 23.2. The van der Waals surface area contributed by atoms with Gasteiger partial charge in [0.25, 0.3) is 5.91 Å². The van der Waals surface area contributed by atoms with Crippen LogP contribution in [0.1, 0.15) is 17.4 Å². The fourth-order valence-corrected chi connectivity index (χ4v) is 2.24. The molecule has 1 aromatic heterocycles. The summed E-state index contributed by atoms with van der Waals surface area (Å²) in [6.07, 6.45) is 0. The summed E-state index contributed by atoms with van der Waals surface area (Å²) < 4.78 is 12.9. The molecule has 0 aliphatic carbocycles. The van der Waals surface area contributed by atoms with Gasteiger partial charge in [-0.05, 0) is 60.7 Å². The van der Waals surface area contributed by atoms with Crippen LogP contribution in [0.5, 0.6) is 0 Å². The Morgan fingerprint density at radius 1 is 0.778 bits per heavy atom. The smallest absolute Gasteiger partial charge is 0.276 e. The molecule has 0 radical (unpaired) electrons. The first kappa shape index (κ1) is 18.0. The van der Waals surface area contributed by atoms with Crippen molar-refractivity contribution in [1.82, 2.24) is 10.2 Å². The van der Waals surface area contributed by atoms with Gasteiger partial charge in [0, 0.05) is 24.0 Å². The van der Waals surface area contributed by atoms with Crippen LogP contribution in [0, 0.1) is 5.82 Å². The Balaban J connectivity index is 1.61. The van der Waals surface area contributed by atoms with Gasteiger partial charge in [-0.2, -0.15) is 0 Å². The predicted octanol–water partition coefficient (Wildman–Crippen LogP) is 3.57. The highest BCUT2D eigenvalue weighted by molar-refractivity contribution is 6.03. The second kappa shape index (κ2) is 8.05. The molecule has 0 atom stereocenters. The number of hydrogen-bond acceptors (Lipinski definition) is 5. The molecule has 3 N–H and O–H groups in total. The summed E-state index contributed by atoms with van der Waals surface area (Å²) >= 11 is 0. The molecule has 7 nitrogen and oxygen atoms in total. The molecule has 0 aliphatic heterocycles. The summed E-state index contributed by atoms with van der Waals surface area (Å²) in [6.45, 7) is 1.42. The van der Waals surface area contributed by atoms with E-state index in [0.717, 1.165) is 0 Å². The van der Waals surface area contributed by atoms with Crippen molar-refractivity contribution in [3.63, 3.8) is 0 Å². The number of amides is 2. The third kappa shape index (κ3) is 5.08. The van der Waals surface area contributed by atoms with Crippen LogP contribution in [-0.2, 0) is 4.79 Å². The minimum Gasteiger partial charge on any atom is -0.339 e. The molecule has 0 bridgehead atoms. The van der Waals surface area contributed by atoms with Crippen molar-refractivity contribution in [2.45, 2.75) is 6.92 Å². The summed E-state index contributed by atoms with van der Waals surface area (Å²) in [5.41, 5.74) is 1.99.